The summed E-state index contributed by atoms with van der Waals surface area (Å²) in [5.74, 6) is 7.50. The zero-order valence-electron chi connectivity index (χ0n) is 55.7. The minimum absolute atomic E-state index is 0.833. The Morgan fingerprint density at radius 3 is 0.901 bits per heavy atom. The third-order valence-corrected chi connectivity index (χ3v) is 5.41. The van der Waals surface area contributed by atoms with E-state index in [1.165, 1.54) is 61.0 Å². The molecule has 13 nitrogen and oxygen atoms in total. The molecule has 0 radical (unpaired) electrons. The first-order chi connectivity index (χ1) is 38.1. The Morgan fingerprint density at radius 1 is 0.309 bits per heavy atom. The van der Waals surface area contributed by atoms with E-state index in [1.54, 1.807) is 77.1 Å². The van der Waals surface area contributed by atoms with E-state index < -0.39 is 0 Å². The SMILES string of the molecule is CC(C)C.CC(C)C.CC(C)C.CC(C)C.CC(C)C.CC(C)C.CC(C)C.CC(C)C.CC(C)C.c1cc[nH]c1.c1ccoc1.c1ccsc1.c1cnoc1.c1cnsc1.c1cocn1.c1cscn1.c1ncon1.c1ncsn1. The smallest absolute Gasteiger partial charge is 0.213 e. The molecule has 9 heterocycles. The van der Waals surface area contributed by atoms with Crippen LogP contribution in [0.3, 0.4) is 0 Å². The van der Waals surface area contributed by atoms with Crippen molar-refractivity contribution in [1.29, 1.82) is 0 Å². The average molecular weight is 1210 g/mol. The maximum atomic E-state index is 4.58. The second kappa shape index (κ2) is 91.1. The molecule has 9 aromatic heterocycles. The van der Waals surface area contributed by atoms with Crippen molar-refractivity contribution in [3.63, 3.8) is 0 Å². The van der Waals surface area contributed by atoms with Crippen LogP contribution in [0, 0.1) is 53.3 Å². The number of rotatable bonds is 0. The Balaban J connectivity index is -0.0000000970. The maximum Gasteiger partial charge on any atom is 0.213 e. The Hall–Kier alpha value is -5.36. The highest BCUT2D eigenvalue weighted by atomic mass is 32.1. The van der Waals surface area contributed by atoms with E-state index >= 15 is 0 Å². The molecule has 0 spiro atoms. The fourth-order valence-electron chi connectivity index (χ4n) is 1.71. The zero-order chi connectivity index (χ0) is 64.0. The van der Waals surface area contributed by atoms with Crippen LogP contribution in [0.25, 0.3) is 0 Å². The first-order valence-electron chi connectivity index (χ1n) is 27.8. The van der Waals surface area contributed by atoms with Crippen LogP contribution in [0.15, 0.2) is 187 Å². The molecule has 0 saturated carbocycles. The summed E-state index contributed by atoms with van der Waals surface area (Å²) in [5.41, 5.74) is 3.47. The Morgan fingerprint density at radius 2 is 0.790 bits per heavy atom. The highest BCUT2D eigenvalue weighted by Gasteiger charge is 1.72. The van der Waals surface area contributed by atoms with Gasteiger partial charge in [-0.1, -0.05) is 209 Å². The Bertz CT molecular complexity index is 1300. The number of thiazole rings is 1. The van der Waals surface area contributed by atoms with Crippen molar-refractivity contribution in [2.45, 2.75) is 187 Å². The minimum Gasteiger partial charge on any atom is -0.473 e. The number of thiophene rings is 1. The largest absolute Gasteiger partial charge is 0.473 e. The third kappa shape index (κ3) is 251. The topological polar surface area (TPSA) is 171 Å². The Kier molecular flexibility index (Phi) is 107. The molecule has 9 aromatic rings. The van der Waals surface area contributed by atoms with Gasteiger partial charge in [0.1, 0.15) is 24.4 Å². The number of aromatic amines is 1. The van der Waals surface area contributed by atoms with Gasteiger partial charge in [0.25, 0.3) is 0 Å². The Labute approximate surface area is 513 Å². The molecule has 468 valence electrons. The van der Waals surface area contributed by atoms with Crippen LogP contribution in [-0.4, -0.2) is 44.0 Å². The summed E-state index contributed by atoms with van der Waals surface area (Å²) >= 11 is 6.13. The average Bonchev–Trinajstić information content (AvgIpc) is 4.22. The molecule has 0 amide bonds. The summed E-state index contributed by atoms with van der Waals surface area (Å²) in [4.78, 5) is 17.2. The maximum absolute atomic E-state index is 4.58. The number of oxazole rings is 1. The molecule has 0 aliphatic rings. The van der Waals surface area contributed by atoms with Crippen LogP contribution in [0.1, 0.15) is 187 Å². The molecule has 1 N–H and O–H groups in total. The minimum atomic E-state index is 0.833. The van der Waals surface area contributed by atoms with E-state index in [9.17, 15) is 0 Å². The summed E-state index contributed by atoms with van der Waals surface area (Å²) in [5, 5.41) is 14.5. The predicted octanol–water partition coefficient (Wildman–Crippen LogP) is 23.2. The zero-order valence-corrected chi connectivity index (χ0v) is 59.0. The summed E-state index contributed by atoms with van der Waals surface area (Å²) in [6, 6.07) is 15.2. The lowest BCUT2D eigenvalue weighted by Crippen LogP contribution is -1.66. The van der Waals surface area contributed by atoms with Crippen molar-refractivity contribution < 1.29 is 17.9 Å². The van der Waals surface area contributed by atoms with Gasteiger partial charge in [-0.2, -0.15) is 15.7 Å². The summed E-state index contributed by atoms with van der Waals surface area (Å²) < 4.78 is 25.0. The molecule has 0 aliphatic heterocycles. The number of furan rings is 1. The summed E-state index contributed by atoms with van der Waals surface area (Å²) in [6.45, 7) is 58.5. The van der Waals surface area contributed by atoms with E-state index in [0.29, 0.717) is 0 Å². The van der Waals surface area contributed by atoms with Gasteiger partial charge in [0, 0.05) is 35.5 Å². The predicted molar refractivity (Wildman–Crippen MR) is 360 cm³/mol. The van der Waals surface area contributed by atoms with Gasteiger partial charge in [-0.3, -0.25) is 4.98 Å². The highest BCUT2D eigenvalue weighted by molar-refractivity contribution is 7.07. The van der Waals surface area contributed by atoms with Gasteiger partial charge in [0.15, 0.2) is 12.7 Å². The fourth-order valence-corrected chi connectivity index (χ4v) is 3.13. The van der Waals surface area contributed by atoms with E-state index in [2.05, 4.69) is 249 Å². The van der Waals surface area contributed by atoms with Crippen molar-refractivity contribution in [3.8, 4) is 0 Å². The van der Waals surface area contributed by atoms with Crippen molar-refractivity contribution in [2.24, 2.45) is 53.3 Å². The molecule has 0 bridgehead atoms. The number of hydrogen-bond acceptors (Lipinski definition) is 16. The first kappa shape index (κ1) is 94.9. The molecule has 81 heavy (non-hydrogen) atoms. The lowest BCUT2D eigenvalue weighted by Gasteiger charge is -1.79. The van der Waals surface area contributed by atoms with Crippen LogP contribution >= 0.6 is 45.7 Å². The number of nitrogens with zero attached hydrogens (tertiary/aromatic N) is 8. The van der Waals surface area contributed by atoms with Gasteiger partial charge in [0.05, 0.1) is 30.4 Å². The molecule has 9 rings (SSSR count). The molecule has 0 unspecified atom stereocenters. The van der Waals surface area contributed by atoms with E-state index in [4.69, 9.17) is 0 Å². The van der Waals surface area contributed by atoms with Crippen molar-refractivity contribution in [3.05, 3.63) is 169 Å². The fraction of sp³-hybridized carbons (Fsp3) is 0.562. The van der Waals surface area contributed by atoms with Crippen molar-refractivity contribution in [2.75, 3.05) is 0 Å². The second-order valence-corrected chi connectivity index (χ2v) is 24.8. The van der Waals surface area contributed by atoms with E-state index in [1.807, 2.05) is 76.4 Å². The van der Waals surface area contributed by atoms with Crippen LogP contribution in [-0.2, 0) is 0 Å². The monoisotopic (exact) mass is 1210 g/mol. The van der Waals surface area contributed by atoms with Crippen molar-refractivity contribution >= 4 is 45.7 Å². The van der Waals surface area contributed by atoms with Crippen molar-refractivity contribution in [1.82, 2.24) is 44.0 Å². The molecule has 0 aliphatic carbocycles. The van der Waals surface area contributed by atoms with E-state index in [0.717, 1.165) is 53.3 Å². The van der Waals surface area contributed by atoms with Gasteiger partial charge < -0.3 is 22.9 Å². The van der Waals surface area contributed by atoms with Crippen LogP contribution in [0.2, 0.25) is 0 Å². The lowest BCUT2D eigenvalue weighted by molar-refractivity contribution is 0.416. The van der Waals surface area contributed by atoms with Crippen LogP contribution in [0.5, 0.6) is 0 Å². The molecule has 0 atom stereocenters. The number of H-pyrrole nitrogens is 1. The molecule has 17 heteroatoms. The third-order valence-electron chi connectivity index (χ3n) is 3.30. The highest BCUT2D eigenvalue weighted by Crippen LogP contribution is 1.92. The van der Waals surface area contributed by atoms with E-state index in [-0.39, 0.29) is 0 Å². The van der Waals surface area contributed by atoms with Gasteiger partial charge in [-0.15, -0.1) is 11.3 Å². The standard InChI is InChI=1S/C4H5N.C4H4O.C4H4S.9C4H10.2C3H3NO.2C3H3NS.C2H2N2O.C2H2N2S/c3*1-2-4-5-3-1;9*1-4(2)3;1-2-5-3-4-1;1-2-4-5-3-1;1-2-5-3-4-1;1-2-4-5-3-1;2*1-3-2-5-4-1/h1-5H;2*1-4H;9*4H,1-3H3;4*1-3H;2*1-2H. The van der Waals surface area contributed by atoms with Gasteiger partial charge in [-0.25, -0.2) is 19.3 Å². The van der Waals surface area contributed by atoms with Gasteiger partial charge in [0.2, 0.25) is 6.39 Å². The molecule has 0 saturated heterocycles. The van der Waals surface area contributed by atoms with Crippen LogP contribution in [0.4, 0.5) is 0 Å². The second-order valence-electron chi connectivity index (χ2n) is 21.9. The molecule has 0 fully saturated rings. The molecule has 0 aromatic carbocycles. The van der Waals surface area contributed by atoms with Gasteiger partial charge in [-0.05, 0) is 123 Å². The van der Waals surface area contributed by atoms with Crippen LogP contribution < -0.4 is 0 Å². The van der Waals surface area contributed by atoms with Gasteiger partial charge >= 0.3 is 0 Å². The number of aromatic nitrogens is 9. The summed E-state index contributed by atoms with van der Waals surface area (Å²) in [7, 11) is 0. The molecular weight excluding hydrogens is 1090 g/mol. The normalized spacial score (nSPS) is 8.44. The first-order valence-corrected chi connectivity index (χ1v) is 31.4. The summed E-state index contributed by atoms with van der Waals surface area (Å²) in [6.07, 6.45) is 22.2. The number of nitrogens with one attached hydrogen (secondary N) is 1. The number of hydrogen-bond donors (Lipinski definition) is 1. The molecular formula is C64H119N9O4S4. The quantitative estimate of drug-likeness (QED) is 0.153. The lowest BCUT2D eigenvalue weighted by atomic mass is 10.3.